The SMILES string of the molecule is CC(C)(C)OC(=O)NC1CCC(c2cc(F)ccc2N2Cc3ccc(-c4nnc(C(F)F)o4)cc3C2=O)CC1. The van der Waals surface area contributed by atoms with E-state index < -0.39 is 24.0 Å². The predicted molar refractivity (Wildman–Crippen MR) is 136 cm³/mol. The number of alkyl halides is 2. The van der Waals surface area contributed by atoms with Gasteiger partial charge >= 0.3 is 12.5 Å². The molecule has 1 saturated carbocycles. The van der Waals surface area contributed by atoms with Crippen LogP contribution >= 0.6 is 0 Å². The molecule has 1 aliphatic carbocycles. The topological polar surface area (TPSA) is 97.6 Å². The lowest BCUT2D eigenvalue weighted by Crippen LogP contribution is -2.40. The van der Waals surface area contributed by atoms with Gasteiger partial charge in [-0.1, -0.05) is 6.07 Å². The van der Waals surface area contributed by atoms with Gasteiger partial charge in [0, 0.05) is 22.9 Å². The number of amides is 2. The summed E-state index contributed by atoms with van der Waals surface area (Å²) in [5, 5.41) is 9.93. The number of nitrogens with one attached hydrogen (secondary N) is 1. The third-order valence-electron chi connectivity index (χ3n) is 6.96. The number of ether oxygens (including phenoxy) is 1. The zero-order valence-corrected chi connectivity index (χ0v) is 21.8. The van der Waals surface area contributed by atoms with Crippen molar-refractivity contribution in [3.8, 4) is 11.5 Å². The molecule has 206 valence electrons. The summed E-state index contributed by atoms with van der Waals surface area (Å²) < 4.78 is 50.5. The summed E-state index contributed by atoms with van der Waals surface area (Å²) in [6.45, 7) is 5.71. The molecular weight excluding hydrogens is 513 g/mol. The Morgan fingerprint density at radius 2 is 1.85 bits per heavy atom. The number of carbonyl (C=O) groups is 2. The summed E-state index contributed by atoms with van der Waals surface area (Å²) in [5.41, 5.74) is 2.28. The molecule has 2 aromatic carbocycles. The van der Waals surface area contributed by atoms with E-state index in [1.165, 1.54) is 12.1 Å². The highest BCUT2D eigenvalue weighted by molar-refractivity contribution is 6.11. The molecule has 3 aromatic rings. The van der Waals surface area contributed by atoms with Crippen LogP contribution in [0.2, 0.25) is 0 Å². The first kappa shape index (κ1) is 26.7. The number of anilines is 1. The number of alkyl carbamates (subject to hydrolysis) is 1. The van der Waals surface area contributed by atoms with Crippen LogP contribution in [0.4, 0.5) is 23.7 Å². The zero-order valence-electron chi connectivity index (χ0n) is 21.8. The second-order valence-corrected chi connectivity index (χ2v) is 10.9. The number of halogens is 3. The molecule has 1 aliphatic heterocycles. The molecule has 0 unspecified atom stereocenters. The molecule has 2 aliphatic rings. The number of rotatable bonds is 5. The van der Waals surface area contributed by atoms with Gasteiger partial charge in [0.25, 0.3) is 11.8 Å². The molecule has 5 rings (SSSR count). The maximum absolute atomic E-state index is 14.4. The van der Waals surface area contributed by atoms with Gasteiger partial charge in [-0.2, -0.15) is 8.78 Å². The predicted octanol–water partition coefficient (Wildman–Crippen LogP) is 6.52. The zero-order chi connectivity index (χ0) is 27.9. The van der Waals surface area contributed by atoms with Crippen molar-refractivity contribution in [1.29, 1.82) is 0 Å². The van der Waals surface area contributed by atoms with E-state index in [4.69, 9.17) is 9.15 Å². The number of nitrogens with zero attached hydrogens (tertiary/aromatic N) is 3. The lowest BCUT2D eigenvalue weighted by atomic mass is 9.81. The summed E-state index contributed by atoms with van der Waals surface area (Å²) in [7, 11) is 0. The first-order chi connectivity index (χ1) is 18.5. The van der Waals surface area contributed by atoms with Crippen LogP contribution in [0.15, 0.2) is 40.8 Å². The fourth-order valence-electron chi connectivity index (χ4n) is 5.19. The molecule has 2 amide bonds. The minimum atomic E-state index is -2.89. The molecule has 0 saturated heterocycles. The smallest absolute Gasteiger partial charge is 0.407 e. The number of hydrogen-bond donors (Lipinski definition) is 1. The molecule has 39 heavy (non-hydrogen) atoms. The Hall–Kier alpha value is -3.89. The monoisotopic (exact) mass is 542 g/mol. The molecule has 1 N–H and O–H groups in total. The standard InChI is InChI=1S/C28H29F3N4O4/c1-28(2,3)39-27(37)32-19-9-6-15(7-10-19)20-13-18(29)8-11-22(20)35-14-17-5-4-16(12-21(17)26(35)36)24-33-34-25(38-24)23(30)31/h4-5,8,11-13,15,19,23H,6-7,9-10,14H2,1-3H3,(H,32,37). The molecule has 1 fully saturated rings. The van der Waals surface area contributed by atoms with Crippen LogP contribution in [0.1, 0.15) is 86.2 Å². The summed E-state index contributed by atoms with van der Waals surface area (Å²) in [6.07, 6.45) is -0.537. The van der Waals surface area contributed by atoms with Gasteiger partial charge in [-0.3, -0.25) is 4.79 Å². The molecule has 8 nitrogen and oxygen atoms in total. The highest BCUT2D eigenvalue weighted by atomic mass is 19.3. The van der Waals surface area contributed by atoms with Gasteiger partial charge in [-0.15, -0.1) is 10.2 Å². The van der Waals surface area contributed by atoms with E-state index >= 15 is 0 Å². The van der Waals surface area contributed by atoms with Gasteiger partial charge in [0.05, 0.1) is 6.54 Å². The van der Waals surface area contributed by atoms with Crippen molar-refractivity contribution in [1.82, 2.24) is 15.5 Å². The third-order valence-corrected chi connectivity index (χ3v) is 6.96. The largest absolute Gasteiger partial charge is 0.444 e. The van der Waals surface area contributed by atoms with E-state index in [1.54, 1.807) is 29.2 Å². The van der Waals surface area contributed by atoms with Crippen LogP contribution in [0.3, 0.4) is 0 Å². The quantitative estimate of drug-likeness (QED) is 0.394. The van der Waals surface area contributed by atoms with Gasteiger partial charge in [-0.25, -0.2) is 9.18 Å². The summed E-state index contributed by atoms with van der Waals surface area (Å²) in [4.78, 5) is 27.3. The molecule has 0 spiro atoms. The minimum Gasteiger partial charge on any atom is -0.444 e. The maximum atomic E-state index is 14.4. The molecule has 0 atom stereocenters. The molecule has 2 heterocycles. The second kappa shape index (κ2) is 10.3. The van der Waals surface area contributed by atoms with E-state index in [0.29, 0.717) is 42.5 Å². The van der Waals surface area contributed by atoms with Crippen molar-refractivity contribution in [3.05, 3.63) is 64.8 Å². The highest BCUT2D eigenvalue weighted by Gasteiger charge is 2.34. The maximum Gasteiger partial charge on any atom is 0.407 e. The number of aromatic nitrogens is 2. The van der Waals surface area contributed by atoms with Crippen LogP contribution < -0.4 is 10.2 Å². The van der Waals surface area contributed by atoms with E-state index in [0.717, 1.165) is 11.1 Å². The van der Waals surface area contributed by atoms with Crippen molar-refractivity contribution in [2.24, 2.45) is 0 Å². The van der Waals surface area contributed by atoms with E-state index in [9.17, 15) is 22.8 Å². The third kappa shape index (κ3) is 5.76. The molecule has 0 radical (unpaired) electrons. The van der Waals surface area contributed by atoms with Gasteiger partial charge in [0.1, 0.15) is 11.4 Å². The Balaban J connectivity index is 1.32. The highest BCUT2D eigenvalue weighted by Crippen LogP contribution is 2.41. The van der Waals surface area contributed by atoms with Gasteiger partial charge in [-0.05, 0) is 93.8 Å². The average Bonchev–Trinajstić information content (AvgIpc) is 3.49. The second-order valence-electron chi connectivity index (χ2n) is 10.9. The van der Waals surface area contributed by atoms with Crippen LogP contribution in [0.25, 0.3) is 11.5 Å². The fourth-order valence-corrected chi connectivity index (χ4v) is 5.19. The molecule has 1 aromatic heterocycles. The minimum absolute atomic E-state index is 0.00520. The Kier molecular flexibility index (Phi) is 7.09. The van der Waals surface area contributed by atoms with E-state index in [-0.39, 0.29) is 36.1 Å². The van der Waals surface area contributed by atoms with Gasteiger partial charge in [0.2, 0.25) is 5.89 Å². The van der Waals surface area contributed by atoms with Crippen LogP contribution in [0.5, 0.6) is 0 Å². The first-order valence-corrected chi connectivity index (χ1v) is 12.8. The van der Waals surface area contributed by atoms with Crippen LogP contribution in [-0.4, -0.2) is 33.8 Å². The number of hydrogen-bond acceptors (Lipinski definition) is 6. The number of carbonyl (C=O) groups excluding carboxylic acids is 2. The first-order valence-electron chi connectivity index (χ1n) is 12.8. The van der Waals surface area contributed by atoms with Crippen LogP contribution in [0, 0.1) is 5.82 Å². The van der Waals surface area contributed by atoms with Gasteiger partial charge in [0.15, 0.2) is 0 Å². The van der Waals surface area contributed by atoms with Crippen molar-refractivity contribution < 1.29 is 31.9 Å². The van der Waals surface area contributed by atoms with E-state index in [1.807, 2.05) is 20.8 Å². The summed E-state index contributed by atoms with van der Waals surface area (Å²) >= 11 is 0. The van der Waals surface area contributed by atoms with Crippen molar-refractivity contribution in [2.75, 3.05) is 4.90 Å². The Morgan fingerprint density at radius 3 is 2.51 bits per heavy atom. The Bertz CT molecular complexity index is 1390. The van der Waals surface area contributed by atoms with Crippen LogP contribution in [-0.2, 0) is 11.3 Å². The lowest BCUT2D eigenvalue weighted by molar-refractivity contribution is 0.0491. The Morgan fingerprint density at radius 1 is 1.10 bits per heavy atom. The van der Waals surface area contributed by atoms with Crippen molar-refractivity contribution >= 4 is 17.7 Å². The molecule has 0 bridgehead atoms. The Labute approximate surface area is 223 Å². The molecule has 11 heteroatoms. The summed E-state index contributed by atoms with van der Waals surface area (Å²) in [5.74, 6) is -1.55. The lowest BCUT2D eigenvalue weighted by Gasteiger charge is -2.32. The van der Waals surface area contributed by atoms with E-state index in [2.05, 4.69) is 15.5 Å². The fraction of sp³-hybridized carbons (Fsp3) is 0.429. The van der Waals surface area contributed by atoms with Gasteiger partial charge < -0.3 is 19.4 Å². The summed E-state index contributed by atoms with van der Waals surface area (Å²) in [6, 6.07) is 9.31. The number of fused-ring (bicyclic) bond motifs is 1. The van der Waals surface area contributed by atoms with Crippen molar-refractivity contribution in [3.63, 3.8) is 0 Å². The number of benzene rings is 2. The molecular formula is C28H29F3N4O4. The van der Waals surface area contributed by atoms with Crippen molar-refractivity contribution in [2.45, 2.75) is 77.0 Å². The normalized spacial score (nSPS) is 19.4. The average molecular weight is 543 g/mol.